The van der Waals surface area contributed by atoms with Crippen molar-refractivity contribution in [1.82, 2.24) is 5.32 Å². The molecule has 0 rings (SSSR count). The summed E-state index contributed by atoms with van der Waals surface area (Å²) in [6, 6.07) is 0.165. The molecule has 92 valence electrons. The van der Waals surface area contributed by atoms with Crippen molar-refractivity contribution in [2.45, 2.75) is 45.3 Å². The van der Waals surface area contributed by atoms with E-state index in [1.165, 1.54) is 0 Å². The maximum absolute atomic E-state index is 11.8. The van der Waals surface area contributed by atoms with Crippen LogP contribution in [0.5, 0.6) is 0 Å². The predicted octanol–water partition coefficient (Wildman–Crippen LogP) is 2.73. The van der Waals surface area contributed by atoms with Gasteiger partial charge in [-0.1, -0.05) is 13.8 Å². The van der Waals surface area contributed by atoms with Gasteiger partial charge in [-0.15, -0.1) is 0 Å². The third kappa shape index (κ3) is 10.0. The molecule has 0 aliphatic heterocycles. The quantitative estimate of drug-likeness (QED) is 0.644. The molecular formula is C10H20F3NO. The first-order chi connectivity index (χ1) is 6.99. The molecule has 1 atom stereocenters. The number of nitrogens with one attached hydrogen (secondary N) is 1. The van der Waals surface area contributed by atoms with Crippen LogP contribution in [0.25, 0.3) is 0 Å². The molecule has 0 aliphatic carbocycles. The van der Waals surface area contributed by atoms with Gasteiger partial charge in [0.05, 0.1) is 19.6 Å². The second kappa shape index (κ2) is 7.93. The van der Waals surface area contributed by atoms with E-state index < -0.39 is 12.6 Å². The van der Waals surface area contributed by atoms with Gasteiger partial charge in [-0.3, -0.25) is 0 Å². The molecule has 0 bridgehead atoms. The molecule has 0 fully saturated rings. The molecule has 0 radical (unpaired) electrons. The Hall–Kier alpha value is -0.290. The first-order valence-electron chi connectivity index (χ1n) is 5.37. The summed E-state index contributed by atoms with van der Waals surface area (Å²) in [6.45, 7) is 5.02. The van der Waals surface area contributed by atoms with Gasteiger partial charge in [0.15, 0.2) is 0 Å². The first-order valence-corrected chi connectivity index (χ1v) is 5.37. The minimum absolute atomic E-state index is 0.165. The lowest BCUT2D eigenvalue weighted by atomic mass is 10.2. The van der Waals surface area contributed by atoms with E-state index >= 15 is 0 Å². The smallest absolute Gasteiger partial charge is 0.379 e. The lowest BCUT2D eigenvalue weighted by Crippen LogP contribution is -2.33. The number of hydrogen-bond acceptors (Lipinski definition) is 2. The van der Waals surface area contributed by atoms with E-state index in [4.69, 9.17) is 4.74 Å². The summed E-state index contributed by atoms with van der Waals surface area (Å²) in [6.07, 6.45) is -3.10. The summed E-state index contributed by atoms with van der Waals surface area (Å²) in [7, 11) is 0. The molecule has 1 unspecified atom stereocenters. The van der Waals surface area contributed by atoms with Gasteiger partial charge in [0.2, 0.25) is 0 Å². The second-order valence-corrected chi connectivity index (χ2v) is 3.50. The van der Waals surface area contributed by atoms with Crippen LogP contribution in [-0.2, 0) is 4.74 Å². The predicted molar refractivity (Wildman–Crippen MR) is 53.9 cm³/mol. The van der Waals surface area contributed by atoms with Gasteiger partial charge in [-0.05, 0) is 19.4 Å². The van der Waals surface area contributed by atoms with Gasteiger partial charge in [0, 0.05) is 6.04 Å². The number of ether oxygens (including phenoxy) is 1. The molecule has 0 saturated carbocycles. The molecule has 15 heavy (non-hydrogen) atoms. The third-order valence-electron chi connectivity index (χ3n) is 2.02. The van der Waals surface area contributed by atoms with E-state index in [2.05, 4.69) is 5.32 Å². The number of rotatable bonds is 8. The molecule has 0 saturated heterocycles. The molecule has 0 aromatic carbocycles. The summed E-state index contributed by atoms with van der Waals surface area (Å²) in [5.41, 5.74) is 0. The second-order valence-electron chi connectivity index (χ2n) is 3.50. The number of halogens is 3. The van der Waals surface area contributed by atoms with Crippen LogP contribution in [0.3, 0.4) is 0 Å². The van der Waals surface area contributed by atoms with Crippen LogP contribution in [0.15, 0.2) is 0 Å². The molecule has 0 aromatic heterocycles. The fourth-order valence-corrected chi connectivity index (χ4v) is 1.08. The average Bonchev–Trinajstić information content (AvgIpc) is 2.15. The normalized spacial score (nSPS) is 14.2. The average molecular weight is 227 g/mol. The zero-order valence-corrected chi connectivity index (χ0v) is 9.36. The molecule has 5 heteroatoms. The lowest BCUT2D eigenvalue weighted by Gasteiger charge is -2.16. The molecule has 0 aromatic rings. The highest BCUT2D eigenvalue weighted by Crippen LogP contribution is 2.18. The SMILES string of the molecule is CCCNC(CC)COCCC(F)(F)F. The Balaban J connectivity index is 3.46. The minimum atomic E-state index is -4.11. The van der Waals surface area contributed by atoms with Crippen LogP contribution in [0.4, 0.5) is 13.2 Å². The zero-order chi connectivity index (χ0) is 11.7. The lowest BCUT2D eigenvalue weighted by molar-refractivity contribution is -0.145. The topological polar surface area (TPSA) is 21.3 Å². The Bertz CT molecular complexity index is 150. The zero-order valence-electron chi connectivity index (χ0n) is 9.36. The highest BCUT2D eigenvalue weighted by molar-refractivity contribution is 4.63. The van der Waals surface area contributed by atoms with Crippen LogP contribution in [0, 0.1) is 0 Å². The Morgan fingerprint density at radius 3 is 2.40 bits per heavy atom. The standard InChI is InChI=1S/C10H20F3NO/c1-3-6-14-9(4-2)8-15-7-5-10(11,12)13/h9,14H,3-8H2,1-2H3. The molecule has 0 heterocycles. The molecule has 0 aliphatic rings. The van der Waals surface area contributed by atoms with E-state index in [1.807, 2.05) is 13.8 Å². The van der Waals surface area contributed by atoms with Crippen molar-refractivity contribution in [1.29, 1.82) is 0 Å². The highest BCUT2D eigenvalue weighted by atomic mass is 19.4. The number of hydrogen-bond donors (Lipinski definition) is 1. The fraction of sp³-hybridized carbons (Fsp3) is 1.00. The summed E-state index contributed by atoms with van der Waals surface area (Å²) in [5, 5.41) is 3.21. The summed E-state index contributed by atoms with van der Waals surface area (Å²) in [5.74, 6) is 0. The van der Waals surface area contributed by atoms with E-state index in [0.717, 1.165) is 19.4 Å². The molecular weight excluding hydrogens is 207 g/mol. The monoisotopic (exact) mass is 227 g/mol. The number of alkyl halides is 3. The van der Waals surface area contributed by atoms with Gasteiger partial charge in [0.1, 0.15) is 0 Å². The van der Waals surface area contributed by atoms with Crippen molar-refractivity contribution in [3.63, 3.8) is 0 Å². The summed E-state index contributed by atoms with van der Waals surface area (Å²) < 4.78 is 40.3. The van der Waals surface area contributed by atoms with E-state index in [1.54, 1.807) is 0 Å². The largest absolute Gasteiger partial charge is 0.391 e. The van der Waals surface area contributed by atoms with Gasteiger partial charge < -0.3 is 10.1 Å². The van der Waals surface area contributed by atoms with Crippen molar-refractivity contribution in [2.75, 3.05) is 19.8 Å². The van der Waals surface area contributed by atoms with E-state index in [-0.39, 0.29) is 12.6 Å². The van der Waals surface area contributed by atoms with Crippen molar-refractivity contribution in [3.05, 3.63) is 0 Å². The third-order valence-corrected chi connectivity index (χ3v) is 2.02. The maximum Gasteiger partial charge on any atom is 0.391 e. The van der Waals surface area contributed by atoms with Crippen LogP contribution < -0.4 is 5.32 Å². The highest BCUT2D eigenvalue weighted by Gasteiger charge is 2.26. The minimum Gasteiger partial charge on any atom is -0.379 e. The van der Waals surface area contributed by atoms with Gasteiger partial charge in [-0.25, -0.2) is 0 Å². The van der Waals surface area contributed by atoms with Crippen LogP contribution in [0.2, 0.25) is 0 Å². The van der Waals surface area contributed by atoms with Crippen LogP contribution in [-0.4, -0.2) is 32.0 Å². The van der Waals surface area contributed by atoms with Gasteiger partial charge in [0.25, 0.3) is 0 Å². The van der Waals surface area contributed by atoms with Crippen molar-refractivity contribution < 1.29 is 17.9 Å². The van der Waals surface area contributed by atoms with Crippen LogP contribution >= 0.6 is 0 Å². The summed E-state index contributed by atoms with van der Waals surface area (Å²) >= 11 is 0. The fourth-order valence-electron chi connectivity index (χ4n) is 1.08. The van der Waals surface area contributed by atoms with E-state index in [0.29, 0.717) is 6.61 Å². The van der Waals surface area contributed by atoms with Crippen molar-refractivity contribution in [2.24, 2.45) is 0 Å². The van der Waals surface area contributed by atoms with Crippen molar-refractivity contribution >= 4 is 0 Å². The molecule has 1 N–H and O–H groups in total. The Morgan fingerprint density at radius 2 is 1.93 bits per heavy atom. The van der Waals surface area contributed by atoms with Gasteiger partial charge >= 0.3 is 6.18 Å². The van der Waals surface area contributed by atoms with Crippen molar-refractivity contribution in [3.8, 4) is 0 Å². The summed E-state index contributed by atoms with van der Waals surface area (Å²) in [4.78, 5) is 0. The van der Waals surface area contributed by atoms with Crippen LogP contribution in [0.1, 0.15) is 33.1 Å². The first kappa shape index (κ1) is 14.7. The Kier molecular flexibility index (Phi) is 7.78. The van der Waals surface area contributed by atoms with Gasteiger partial charge in [-0.2, -0.15) is 13.2 Å². The molecule has 0 spiro atoms. The Labute approximate surface area is 89.2 Å². The maximum atomic E-state index is 11.8. The molecule has 0 amide bonds. The van der Waals surface area contributed by atoms with E-state index in [9.17, 15) is 13.2 Å². The molecule has 2 nitrogen and oxygen atoms in total. The Morgan fingerprint density at radius 1 is 1.27 bits per heavy atom.